The largest absolute Gasteiger partial charge is 0.354 e. The van der Waals surface area contributed by atoms with Crippen LogP contribution < -0.4 is 5.32 Å². The zero-order valence-corrected chi connectivity index (χ0v) is 16.9. The number of nitrogens with zero attached hydrogens (tertiary/aromatic N) is 4. The Hall–Kier alpha value is -2.44. The standard InChI is InChI=1S/C22H30N6/c1-3-4-9-23-22-25-15-20-19(14-24-21(20)26-22)18-7-5-17(6-8-18)16-28-12-10-27(2)11-13-28/h5-8,14-15H,3-4,9-13,16H2,1-2H3,(H2,23,24,25,26). The molecule has 0 amide bonds. The predicted octanol–water partition coefficient (Wildman–Crippen LogP) is 3.58. The molecule has 0 spiro atoms. The fraction of sp³-hybridized carbons (Fsp3) is 0.455. The van der Waals surface area contributed by atoms with Gasteiger partial charge in [-0.2, -0.15) is 4.98 Å². The van der Waals surface area contributed by atoms with Crippen molar-refractivity contribution in [3.05, 3.63) is 42.2 Å². The number of piperazine rings is 1. The summed E-state index contributed by atoms with van der Waals surface area (Å²) in [5, 5.41) is 4.35. The van der Waals surface area contributed by atoms with E-state index in [2.05, 4.69) is 68.3 Å². The zero-order valence-electron chi connectivity index (χ0n) is 16.9. The Balaban J connectivity index is 1.45. The zero-order chi connectivity index (χ0) is 19.3. The first-order chi connectivity index (χ1) is 13.7. The second-order valence-corrected chi connectivity index (χ2v) is 7.71. The lowest BCUT2D eigenvalue weighted by Crippen LogP contribution is -2.43. The van der Waals surface area contributed by atoms with E-state index in [0.717, 1.165) is 68.7 Å². The second-order valence-electron chi connectivity index (χ2n) is 7.71. The van der Waals surface area contributed by atoms with Crippen LogP contribution in [0.15, 0.2) is 36.7 Å². The highest BCUT2D eigenvalue weighted by Gasteiger charge is 2.14. The molecule has 2 aromatic heterocycles. The number of hydrogen-bond acceptors (Lipinski definition) is 5. The maximum atomic E-state index is 4.61. The molecule has 0 radical (unpaired) electrons. The van der Waals surface area contributed by atoms with Crippen LogP contribution in [0.1, 0.15) is 25.3 Å². The van der Waals surface area contributed by atoms with Crippen LogP contribution in [-0.4, -0.2) is 64.5 Å². The van der Waals surface area contributed by atoms with Gasteiger partial charge in [0, 0.05) is 62.6 Å². The monoisotopic (exact) mass is 378 g/mol. The minimum atomic E-state index is 0.692. The van der Waals surface area contributed by atoms with Gasteiger partial charge in [0.05, 0.1) is 0 Å². The molecule has 148 valence electrons. The number of fused-ring (bicyclic) bond motifs is 1. The average molecular weight is 379 g/mol. The van der Waals surface area contributed by atoms with E-state index in [9.17, 15) is 0 Å². The fourth-order valence-corrected chi connectivity index (χ4v) is 3.66. The summed E-state index contributed by atoms with van der Waals surface area (Å²) in [7, 11) is 2.20. The molecule has 0 unspecified atom stereocenters. The Kier molecular flexibility index (Phi) is 5.88. The number of likely N-dealkylation sites (N-methyl/N-ethyl adjacent to an activating group) is 1. The van der Waals surface area contributed by atoms with Crippen LogP contribution in [-0.2, 0) is 6.54 Å². The van der Waals surface area contributed by atoms with E-state index in [1.807, 2.05) is 12.4 Å². The highest BCUT2D eigenvalue weighted by molar-refractivity contribution is 5.93. The fourth-order valence-electron chi connectivity index (χ4n) is 3.66. The molecule has 28 heavy (non-hydrogen) atoms. The molecule has 0 bridgehead atoms. The minimum Gasteiger partial charge on any atom is -0.354 e. The summed E-state index contributed by atoms with van der Waals surface area (Å²) in [6.45, 7) is 8.71. The third-order valence-corrected chi connectivity index (χ3v) is 5.51. The first-order valence-corrected chi connectivity index (χ1v) is 10.3. The molecule has 6 heteroatoms. The van der Waals surface area contributed by atoms with E-state index in [-0.39, 0.29) is 0 Å². The summed E-state index contributed by atoms with van der Waals surface area (Å²) in [5.41, 5.74) is 4.60. The van der Waals surface area contributed by atoms with Crippen LogP contribution in [0.25, 0.3) is 22.2 Å². The van der Waals surface area contributed by atoms with Gasteiger partial charge in [-0.05, 0) is 24.6 Å². The van der Waals surface area contributed by atoms with E-state index >= 15 is 0 Å². The molecule has 6 nitrogen and oxygen atoms in total. The van der Waals surface area contributed by atoms with Gasteiger partial charge in [-0.25, -0.2) is 4.98 Å². The van der Waals surface area contributed by atoms with Crippen LogP contribution in [0.2, 0.25) is 0 Å². The Morgan fingerprint density at radius 3 is 2.64 bits per heavy atom. The Bertz CT molecular complexity index is 893. The number of anilines is 1. The quantitative estimate of drug-likeness (QED) is 0.616. The van der Waals surface area contributed by atoms with Crippen molar-refractivity contribution in [2.24, 2.45) is 0 Å². The van der Waals surface area contributed by atoms with Crippen molar-refractivity contribution >= 4 is 17.0 Å². The second kappa shape index (κ2) is 8.71. The minimum absolute atomic E-state index is 0.692. The highest BCUT2D eigenvalue weighted by atomic mass is 15.2. The number of rotatable bonds is 7. The molecule has 2 N–H and O–H groups in total. The summed E-state index contributed by atoms with van der Waals surface area (Å²) in [6.07, 6.45) is 6.23. The normalized spacial score (nSPS) is 15.9. The summed E-state index contributed by atoms with van der Waals surface area (Å²) in [4.78, 5) is 17.3. The lowest BCUT2D eigenvalue weighted by Gasteiger charge is -2.32. The summed E-state index contributed by atoms with van der Waals surface area (Å²) < 4.78 is 0. The molecule has 1 saturated heterocycles. The van der Waals surface area contributed by atoms with E-state index < -0.39 is 0 Å². The molecule has 0 aliphatic carbocycles. The highest BCUT2D eigenvalue weighted by Crippen LogP contribution is 2.28. The van der Waals surface area contributed by atoms with Crippen LogP contribution in [0, 0.1) is 0 Å². The number of aromatic amines is 1. The molecular weight excluding hydrogens is 348 g/mol. The molecule has 4 rings (SSSR count). The van der Waals surface area contributed by atoms with Gasteiger partial charge in [0.15, 0.2) is 0 Å². The first-order valence-electron chi connectivity index (χ1n) is 10.3. The van der Waals surface area contributed by atoms with Gasteiger partial charge in [0.1, 0.15) is 5.65 Å². The number of benzene rings is 1. The van der Waals surface area contributed by atoms with Crippen molar-refractivity contribution in [2.75, 3.05) is 45.1 Å². The lowest BCUT2D eigenvalue weighted by atomic mass is 10.0. The summed E-state index contributed by atoms with van der Waals surface area (Å²) in [6, 6.07) is 8.91. The molecule has 1 aliphatic rings. The van der Waals surface area contributed by atoms with Crippen LogP contribution in [0.5, 0.6) is 0 Å². The average Bonchev–Trinajstić information content (AvgIpc) is 3.14. The van der Waals surface area contributed by atoms with Crippen LogP contribution in [0.3, 0.4) is 0 Å². The maximum absolute atomic E-state index is 4.61. The molecule has 3 aromatic rings. The van der Waals surface area contributed by atoms with E-state index in [1.165, 1.54) is 11.1 Å². The van der Waals surface area contributed by atoms with Crippen molar-refractivity contribution in [1.29, 1.82) is 0 Å². The maximum Gasteiger partial charge on any atom is 0.224 e. The smallest absolute Gasteiger partial charge is 0.224 e. The molecule has 0 saturated carbocycles. The lowest BCUT2D eigenvalue weighted by molar-refractivity contribution is 0.148. The number of hydrogen-bond donors (Lipinski definition) is 2. The number of unbranched alkanes of at least 4 members (excludes halogenated alkanes) is 1. The molecule has 1 fully saturated rings. The van der Waals surface area contributed by atoms with Gasteiger partial charge in [-0.3, -0.25) is 4.90 Å². The van der Waals surface area contributed by atoms with E-state index in [0.29, 0.717) is 5.95 Å². The van der Waals surface area contributed by atoms with Crippen molar-refractivity contribution in [3.63, 3.8) is 0 Å². The van der Waals surface area contributed by atoms with Crippen molar-refractivity contribution in [1.82, 2.24) is 24.8 Å². The SMILES string of the molecule is CCCCNc1ncc2c(-c3ccc(CN4CCN(C)CC4)cc3)c[nH]c2n1. The van der Waals surface area contributed by atoms with Crippen LogP contribution >= 0.6 is 0 Å². The Labute approximate surface area is 167 Å². The first kappa shape index (κ1) is 18.9. The van der Waals surface area contributed by atoms with Crippen molar-refractivity contribution in [3.8, 4) is 11.1 Å². The molecule has 0 atom stereocenters. The van der Waals surface area contributed by atoms with Gasteiger partial charge in [-0.1, -0.05) is 37.6 Å². The van der Waals surface area contributed by atoms with Gasteiger partial charge in [0.25, 0.3) is 0 Å². The van der Waals surface area contributed by atoms with E-state index in [1.54, 1.807) is 0 Å². The predicted molar refractivity (Wildman–Crippen MR) is 115 cm³/mol. The third kappa shape index (κ3) is 4.34. The number of aromatic nitrogens is 3. The third-order valence-electron chi connectivity index (χ3n) is 5.51. The molecule has 1 aliphatic heterocycles. The molecule has 3 heterocycles. The summed E-state index contributed by atoms with van der Waals surface area (Å²) >= 11 is 0. The summed E-state index contributed by atoms with van der Waals surface area (Å²) in [5.74, 6) is 0.692. The number of nitrogens with one attached hydrogen (secondary N) is 2. The van der Waals surface area contributed by atoms with Crippen molar-refractivity contribution < 1.29 is 0 Å². The van der Waals surface area contributed by atoms with Gasteiger partial charge >= 0.3 is 0 Å². The molecular formula is C22H30N6. The van der Waals surface area contributed by atoms with E-state index in [4.69, 9.17) is 0 Å². The van der Waals surface area contributed by atoms with Crippen molar-refractivity contribution in [2.45, 2.75) is 26.3 Å². The van der Waals surface area contributed by atoms with Crippen LogP contribution in [0.4, 0.5) is 5.95 Å². The van der Waals surface area contributed by atoms with Gasteiger partial charge in [0.2, 0.25) is 5.95 Å². The Morgan fingerprint density at radius 1 is 1.11 bits per heavy atom. The molecule has 1 aromatic carbocycles. The number of H-pyrrole nitrogens is 1. The topological polar surface area (TPSA) is 60.1 Å². The van der Waals surface area contributed by atoms with Gasteiger partial charge in [-0.15, -0.1) is 0 Å². The van der Waals surface area contributed by atoms with Gasteiger partial charge < -0.3 is 15.2 Å². The Morgan fingerprint density at radius 2 is 1.89 bits per heavy atom.